The Morgan fingerprint density at radius 3 is 1.91 bits per heavy atom. The third-order valence-corrected chi connectivity index (χ3v) is 13.1. The van der Waals surface area contributed by atoms with Crippen molar-refractivity contribution < 1.29 is 61.8 Å². The van der Waals surface area contributed by atoms with E-state index in [0.717, 1.165) is 41.5 Å². The lowest BCUT2D eigenvalue weighted by atomic mass is 9.85. The average Bonchev–Trinajstić information content (AvgIpc) is 3.65. The Labute approximate surface area is 382 Å². The van der Waals surface area contributed by atoms with Crippen LogP contribution >= 0.6 is 21.6 Å². The fraction of sp³-hybridized carbons (Fsp3) is 0.609. The number of benzene rings is 1. The van der Waals surface area contributed by atoms with Gasteiger partial charge in [-0.1, -0.05) is 60.1 Å². The van der Waals surface area contributed by atoms with Crippen molar-refractivity contribution in [1.29, 1.82) is 0 Å². The summed E-state index contributed by atoms with van der Waals surface area (Å²) >= 11 is 0. The molecule has 1 unspecified atom stereocenters. The summed E-state index contributed by atoms with van der Waals surface area (Å²) in [6.45, 7) is 7.86. The highest BCUT2D eigenvalue weighted by Gasteiger charge is 2.50. The molecule has 0 N–H and O–H groups in total. The van der Waals surface area contributed by atoms with Crippen LogP contribution in [0.4, 0.5) is 0 Å². The minimum atomic E-state index is -1.81. The van der Waals surface area contributed by atoms with Gasteiger partial charge in [0, 0.05) is 47.3 Å². The van der Waals surface area contributed by atoms with Crippen molar-refractivity contribution in [2.75, 3.05) is 90.8 Å². The number of carbonyl (C=O) groups excluding carboxylic acids is 4. The van der Waals surface area contributed by atoms with Crippen LogP contribution < -0.4 is 5.56 Å². The standard InChI is InChI=1S/C46H62N2O14S2/c1-3-28-63-64-29-9-5-6-13-40(49)59-26-24-57-22-20-55-18-16-54-17-19-56-21-23-58-25-27-60-41(50)14-10-15-42(51)62-46(4-2)37-31-39-43-35(30-34-11-7-8-12-38(34)47-43)32-48(39)44(52)36(37)33-61-45(46)53/h7-8,11-12,30-31H,3-6,9-10,13-29,32-33H2,1-2H3. The van der Waals surface area contributed by atoms with Crippen molar-refractivity contribution in [3.05, 3.63) is 63.4 Å². The zero-order chi connectivity index (χ0) is 45.4. The van der Waals surface area contributed by atoms with E-state index in [1.807, 2.05) is 51.9 Å². The van der Waals surface area contributed by atoms with Gasteiger partial charge in [-0.3, -0.25) is 19.2 Å². The monoisotopic (exact) mass is 930 g/mol. The quantitative estimate of drug-likeness (QED) is 0.0223. The number of rotatable bonds is 33. The summed E-state index contributed by atoms with van der Waals surface area (Å²) < 4.78 is 50.7. The summed E-state index contributed by atoms with van der Waals surface area (Å²) in [5, 5.41) is 0.954. The number of ether oxygens (including phenoxy) is 9. The van der Waals surface area contributed by atoms with Crippen LogP contribution in [0.2, 0.25) is 0 Å². The number of carbonyl (C=O) groups is 4. The molecule has 2 aliphatic heterocycles. The minimum Gasteiger partial charge on any atom is -0.463 e. The predicted octanol–water partition coefficient (Wildman–Crippen LogP) is 6.32. The molecule has 352 valence electrons. The van der Waals surface area contributed by atoms with Crippen LogP contribution in [0.25, 0.3) is 22.3 Å². The highest BCUT2D eigenvalue weighted by molar-refractivity contribution is 8.76. The summed E-state index contributed by atoms with van der Waals surface area (Å²) in [7, 11) is 3.82. The first-order valence-corrected chi connectivity index (χ1v) is 24.8. The molecule has 3 aromatic rings. The van der Waals surface area contributed by atoms with Crippen LogP contribution in [0.1, 0.15) is 88.3 Å². The van der Waals surface area contributed by atoms with E-state index in [-0.39, 0.29) is 69.2 Å². The van der Waals surface area contributed by atoms with Crippen LogP contribution in [0, 0.1) is 0 Å². The van der Waals surface area contributed by atoms with Gasteiger partial charge in [-0.15, -0.1) is 0 Å². The molecule has 2 aliphatic rings. The molecular weight excluding hydrogens is 869 g/mol. The van der Waals surface area contributed by atoms with E-state index in [1.54, 1.807) is 17.6 Å². The molecule has 0 spiro atoms. The molecule has 0 fully saturated rings. The molecule has 0 radical (unpaired) electrons. The Balaban J connectivity index is 0.841. The molecule has 1 aromatic carbocycles. The predicted molar refractivity (Wildman–Crippen MR) is 242 cm³/mol. The number of esters is 4. The van der Waals surface area contributed by atoms with Crippen molar-refractivity contribution in [3.8, 4) is 11.4 Å². The SMILES string of the molecule is CCCSSCCCCCC(=O)OCCOCCOCCOCCOCCOCCOC(=O)CCCC(=O)OC1(CC)C(=O)OCc2c1cc1n(c2=O)Cc2cc3ccccc3nc2-1. The molecule has 18 heteroatoms. The summed E-state index contributed by atoms with van der Waals surface area (Å²) in [5.74, 6) is 0.175. The lowest BCUT2D eigenvalue weighted by Crippen LogP contribution is -2.47. The van der Waals surface area contributed by atoms with Gasteiger partial charge < -0.3 is 47.2 Å². The Morgan fingerprint density at radius 1 is 0.703 bits per heavy atom. The van der Waals surface area contributed by atoms with Crippen molar-refractivity contribution in [2.24, 2.45) is 0 Å². The highest BCUT2D eigenvalue weighted by Crippen LogP contribution is 2.41. The van der Waals surface area contributed by atoms with Crippen molar-refractivity contribution in [2.45, 2.75) is 90.4 Å². The molecule has 2 aromatic heterocycles. The molecule has 16 nitrogen and oxygen atoms in total. The zero-order valence-corrected chi connectivity index (χ0v) is 38.7. The summed E-state index contributed by atoms with van der Waals surface area (Å²) in [5.41, 5.74) is 1.26. The maximum Gasteiger partial charge on any atom is 0.355 e. The van der Waals surface area contributed by atoms with Crippen LogP contribution in [-0.4, -0.2) is 124 Å². The van der Waals surface area contributed by atoms with E-state index in [0.29, 0.717) is 89.4 Å². The van der Waals surface area contributed by atoms with Crippen LogP contribution in [0.15, 0.2) is 41.2 Å². The Hall–Kier alpha value is -4.04. The van der Waals surface area contributed by atoms with Gasteiger partial charge >= 0.3 is 23.9 Å². The van der Waals surface area contributed by atoms with Crippen LogP contribution in [0.5, 0.6) is 0 Å². The van der Waals surface area contributed by atoms with E-state index in [2.05, 4.69) is 6.92 Å². The van der Waals surface area contributed by atoms with Gasteiger partial charge in [0.2, 0.25) is 5.60 Å². The number of hydrogen-bond donors (Lipinski definition) is 0. The number of cyclic esters (lactones) is 1. The van der Waals surface area contributed by atoms with Crippen molar-refractivity contribution >= 4 is 56.4 Å². The number of para-hydroxylation sites is 1. The number of pyridine rings is 2. The van der Waals surface area contributed by atoms with Gasteiger partial charge in [-0.05, 0) is 50.3 Å². The number of unbranched alkanes of at least 4 members (excludes halogenated alkanes) is 2. The third kappa shape index (κ3) is 15.6. The van der Waals surface area contributed by atoms with Gasteiger partial charge in [-0.25, -0.2) is 9.78 Å². The average molecular weight is 931 g/mol. The van der Waals surface area contributed by atoms with E-state index in [1.165, 1.54) is 12.2 Å². The van der Waals surface area contributed by atoms with Gasteiger partial charge in [0.1, 0.15) is 19.8 Å². The molecule has 1 atom stereocenters. The first kappa shape index (κ1) is 51.0. The van der Waals surface area contributed by atoms with Crippen molar-refractivity contribution in [1.82, 2.24) is 9.55 Å². The largest absolute Gasteiger partial charge is 0.463 e. The first-order valence-electron chi connectivity index (χ1n) is 22.3. The normalized spacial score (nSPS) is 15.1. The molecule has 4 heterocycles. The summed E-state index contributed by atoms with van der Waals surface area (Å²) in [6.07, 6.45) is 4.64. The van der Waals surface area contributed by atoms with Gasteiger partial charge in [0.05, 0.1) is 95.1 Å². The molecule has 0 bridgehead atoms. The topological polar surface area (TPSA) is 186 Å². The van der Waals surface area contributed by atoms with E-state index in [4.69, 9.17) is 47.6 Å². The van der Waals surface area contributed by atoms with E-state index < -0.39 is 23.5 Å². The molecular formula is C46H62N2O14S2. The first-order chi connectivity index (χ1) is 31.3. The molecule has 0 saturated heterocycles. The summed E-state index contributed by atoms with van der Waals surface area (Å²) in [4.78, 5) is 69.1. The number of fused-ring (bicyclic) bond motifs is 5. The van der Waals surface area contributed by atoms with Gasteiger partial charge in [0.15, 0.2) is 0 Å². The lowest BCUT2D eigenvalue weighted by molar-refractivity contribution is -0.189. The fourth-order valence-electron chi connectivity index (χ4n) is 7.07. The second-order valence-electron chi connectivity index (χ2n) is 15.0. The lowest BCUT2D eigenvalue weighted by Gasteiger charge is -2.35. The number of aromatic nitrogens is 2. The van der Waals surface area contributed by atoms with Gasteiger partial charge in [-0.2, -0.15) is 0 Å². The zero-order valence-electron chi connectivity index (χ0n) is 37.1. The molecule has 0 saturated carbocycles. The molecule has 0 aliphatic carbocycles. The Kier molecular flexibility index (Phi) is 22.4. The second-order valence-corrected chi connectivity index (χ2v) is 17.7. The molecule has 0 amide bonds. The van der Waals surface area contributed by atoms with Crippen LogP contribution in [-0.2, 0) is 80.6 Å². The number of nitrogens with zero attached hydrogens (tertiary/aromatic N) is 2. The third-order valence-electron chi connectivity index (χ3n) is 10.4. The van der Waals surface area contributed by atoms with Crippen molar-refractivity contribution in [3.63, 3.8) is 0 Å². The summed E-state index contributed by atoms with van der Waals surface area (Å²) in [6, 6.07) is 11.4. The second kappa shape index (κ2) is 28.1. The van der Waals surface area contributed by atoms with Gasteiger partial charge in [0.25, 0.3) is 5.56 Å². The Bertz CT molecular complexity index is 2030. The number of hydrogen-bond acceptors (Lipinski definition) is 17. The van der Waals surface area contributed by atoms with Crippen LogP contribution in [0.3, 0.4) is 0 Å². The maximum atomic E-state index is 13.7. The minimum absolute atomic E-state index is 0.0401. The highest BCUT2D eigenvalue weighted by atomic mass is 33.1. The molecule has 5 rings (SSSR count). The fourth-order valence-corrected chi connectivity index (χ4v) is 9.35. The Morgan fingerprint density at radius 2 is 1.28 bits per heavy atom. The van der Waals surface area contributed by atoms with E-state index in [9.17, 15) is 24.0 Å². The smallest absolute Gasteiger partial charge is 0.355 e. The maximum absolute atomic E-state index is 13.7. The van der Waals surface area contributed by atoms with E-state index >= 15 is 0 Å². The molecule has 64 heavy (non-hydrogen) atoms.